The van der Waals surface area contributed by atoms with Crippen LogP contribution in [0.25, 0.3) is 6.08 Å². The van der Waals surface area contributed by atoms with E-state index in [4.69, 9.17) is 11.6 Å². The van der Waals surface area contributed by atoms with Crippen molar-refractivity contribution in [2.24, 2.45) is 0 Å². The van der Waals surface area contributed by atoms with Gasteiger partial charge >= 0.3 is 0 Å². The van der Waals surface area contributed by atoms with E-state index in [1.165, 1.54) is 50.5 Å². The molecular formula is C17H16ClNO4S. The number of rotatable bonds is 5. The first-order valence-electron chi connectivity index (χ1n) is 6.95. The minimum atomic E-state index is -3.60. The minimum absolute atomic E-state index is 0.0401. The molecule has 2 rings (SSSR count). The van der Waals surface area contributed by atoms with Gasteiger partial charge in [-0.1, -0.05) is 35.9 Å². The average molecular weight is 366 g/mol. The number of phenols is 1. The number of ketones is 1. The predicted octanol–water partition coefficient (Wildman–Crippen LogP) is 3.19. The van der Waals surface area contributed by atoms with Crippen molar-refractivity contribution in [1.29, 1.82) is 0 Å². The van der Waals surface area contributed by atoms with Crippen LogP contribution < -0.4 is 0 Å². The third kappa shape index (κ3) is 4.03. The Morgan fingerprint density at radius 1 is 1.17 bits per heavy atom. The zero-order valence-electron chi connectivity index (χ0n) is 13.1. The van der Waals surface area contributed by atoms with Crippen LogP contribution in [0.3, 0.4) is 0 Å². The smallest absolute Gasteiger partial charge is 0.242 e. The first-order chi connectivity index (χ1) is 11.2. The van der Waals surface area contributed by atoms with E-state index in [-0.39, 0.29) is 27.0 Å². The molecule has 0 atom stereocenters. The Bertz CT molecular complexity index is 905. The molecule has 0 bridgehead atoms. The molecule has 5 nitrogen and oxygen atoms in total. The van der Waals surface area contributed by atoms with E-state index in [9.17, 15) is 18.3 Å². The van der Waals surface area contributed by atoms with Gasteiger partial charge in [0, 0.05) is 19.7 Å². The number of hydrogen-bond acceptors (Lipinski definition) is 4. The van der Waals surface area contributed by atoms with Crippen molar-refractivity contribution >= 4 is 33.5 Å². The van der Waals surface area contributed by atoms with Crippen LogP contribution in [-0.2, 0) is 10.0 Å². The second kappa shape index (κ2) is 7.17. The van der Waals surface area contributed by atoms with Gasteiger partial charge in [0.05, 0.1) is 9.92 Å². The Morgan fingerprint density at radius 2 is 1.88 bits per heavy atom. The zero-order chi connectivity index (χ0) is 17.9. The lowest BCUT2D eigenvalue weighted by Crippen LogP contribution is -2.22. The number of benzene rings is 2. The van der Waals surface area contributed by atoms with Crippen molar-refractivity contribution in [2.45, 2.75) is 4.90 Å². The average Bonchev–Trinajstić information content (AvgIpc) is 2.55. The van der Waals surface area contributed by atoms with E-state index in [1.54, 1.807) is 18.2 Å². The van der Waals surface area contributed by atoms with Gasteiger partial charge in [-0.15, -0.1) is 0 Å². The van der Waals surface area contributed by atoms with Gasteiger partial charge in [-0.2, -0.15) is 0 Å². The molecule has 7 heteroatoms. The van der Waals surface area contributed by atoms with Crippen LogP contribution in [0.5, 0.6) is 5.75 Å². The molecule has 24 heavy (non-hydrogen) atoms. The number of phenolic OH excluding ortho intramolecular Hbond substituents is 1. The molecule has 0 heterocycles. The maximum atomic E-state index is 12.2. The fourth-order valence-corrected chi connectivity index (χ4v) is 3.05. The predicted molar refractivity (Wildman–Crippen MR) is 93.8 cm³/mol. The number of sulfonamides is 1. The molecule has 0 aliphatic rings. The largest absolute Gasteiger partial charge is 0.506 e. The third-order valence-electron chi connectivity index (χ3n) is 3.30. The second-order valence-electron chi connectivity index (χ2n) is 5.22. The molecule has 0 saturated heterocycles. The summed E-state index contributed by atoms with van der Waals surface area (Å²) in [4.78, 5) is 12.3. The molecule has 0 unspecified atom stereocenters. The summed E-state index contributed by atoms with van der Waals surface area (Å²) < 4.78 is 25.3. The molecule has 2 aromatic rings. The van der Waals surface area contributed by atoms with E-state index in [0.29, 0.717) is 5.56 Å². The maximum Gasteiger partial charge on any atom is 0.242 e. The van der Waals surface area contributed by atoms with E-state index in [1.807, 2.05) is 0 Å². The maximum absolute atomic E-state index is 12.2. The van der Waals surface area contributed by atoms with Crippen molar-refractivity contribution in [2.75, 3.05) is 14.1 Å². The van der Waals surface area contributed by atoms with Gasteiger partial charge in [0.2, 0.25) is 10.0 Å². The van der Waals surface area contributed by atoms with Crippen LogP contribution in [-0.4, -0.2) is 37.7 Å². The lowest BCUT2D eigenvalue weighted by atomic mass is 10.1. The molecule has 0 saturated carbocycles. The van der Waals surface area contributed by atoms with E-state index in [2.05, 4.69) is 0 Å². The first kappa shape index (κ1) is 18.2. The number of carbonyl (C=O) groups excluding carboxylic acids is 1. The van der Waals surface area contributed by atoms with Crippen molar-refractivity contribution in [3.8, 4) is 5.75 Å². The Morgan fingerprint density at radius 3 is 2.50 bits per heavy atom. The number of carbonyl (C=O) groups is 1. The van der Waals surface area contributed by atoms with Gasteiger partial charge in [-0.25, -0.2) is 12.7 Å². The number of aromatic hydroxyl groups is 1. The zero-order valence-corrected chi connectivity index (χ0v) is 14.7. The highest BCUT2D eigenvalue weighted by Gasteiger charge is 2.18. The normalized spacial score (nSPS) is 12.0. The van der Waals surface area contributed by atoms with Gasteiger partial charge in [-0.3, -0.25) is 4.79 Å². The number of halogens is 1. The van der Waals surface area contributed by atoms with E-state index >= 15 is 0 Å². The summed E-state index contributed by atoms with van der Waals surface area (Å²) >= 11 is 5.81. The monoisotopic (exact) mass is 365 g/mol. The number of nitrogens with zero attached hydrogens (tertiary/aromatic N) is 1. The Balaban J connectivity index is 2.27. The van der Waals surface area contributed by atoms with Crippen molar-refractivity contribution in [1.82, 2.24) is 4.31 Å². The Labute approximate surface area is 145 Å². The summed E-state index contributed by atoms with van der Waals surface area (Å²) in [7, 11) is -0.741. The summed E-state index contributed by atoms with van der Waals surface area (Å²) in [5, 5.41) is 9.55. The molecule has 0 aliphatic carbocycles. The molecular weight excluding hydrogens is 350 g/mol. The molecule has 0 radical (unpaired) electrons. The van der Waals surface area contributed by atoms with E-state index < -0.39 is 10.0 Å². The quantitative estimate of drug-likeness (QED) is 0.652. The van der Waals surface area contributed by atoms with Gasteiger partial charge in [0.25, 0.3) is 0 Å². The standard InChI is InChI=1S/C17H16ClNO4S/c1-19(2)24(22,23)14-5-3-4-13(11-14)16(20)8-6-12-7-9-17(21)15(18)10-12/h3-11,21H,1-2H3. The molecule has 0 fully saturated rings. The molecule has 0 amide bonds. The lowest BCUT2D eigenvalue weighted by Gasteiger charge is -2.11. The van der Waals surface area contributed by atoms with Gasteiger partial charge < -0.3 is 5.11 Å². The van der Waals surface area contributed by atoms with Crippen molar-refractivity contribution in [3.63, 3.8) is 0 Å². The number of hydrogen-bond donors (Lipinski definition) is 1. The van der Waals surface area contributed by atoms with Gasteiger partial charge in [0.15, 0.2) is 5.78 Å². The molecule has 2 aromatic carbocycles. The summed E-state index contributed by atoms with van der Waals surface area (Å²) in [6.07, 6.45) is 2.87. The van der Waals surface area contributed by atoms with Crippen LogP contribution >= 0.6 is 11.6 Å². The fraction of sp³-hybridized carbons (Fsp3) is 0.118. The third-order valence-corrected chi connectivity index (χ3v) is 5.41. The molecule has 126 valence electrons. The summed E-state index contributed by atoms with van der Waals surface area (Å²) in [5.74, 6) is -0.378. The molecule has 0 spiro atoms. The lowest BCUT2D eigenvalue weighted by molar-refractivity contribution is 0.104. The topological polar surface area (TPSA) is 74.7 Å². The van der Waals surface area contributed by atoms with Crippen molar-refractivity contribution in [3.05, 3.63) is 64.7 Å². The Kier molecular flexibility index (Phi) is 5.43. The summed E-state index contributed by atoms with van der Waals surface area (Å²) in [5.41, 5.74) is 0.905. The first-order valence-corrected chi connectivity index (χ1v) is 8.77. The highest BCUT2D eigenvalue weighted by molar-refractivity contribution is 7.89. The van der Waals surface area contributed by atoms with Crippen molar-refractivity contribution < 1.29 is 18.3 Å². The van der Waals surface area contributed by atoms with Crippen LogP contribution in [0.2, 0.25) is 5.02 Å². The fourth-order valence-electron chi connectivity index (χ4n) is 1.92. The number of allylic oxidation sites excluding steroid dienone is 1. The SMILES string of the molecule is CN(C)S(=O)(=O)c1cccc(C(=O)C=Cc2ccc(O)c(Cl)c2)c1. The minimum Gasteiger partial charge on any atom is -0.506 e. The molecule has 0 aromatic heterocycles. The van der Waals surface area contributed by atoms with Gasteiger partial charge in [0.1, 0.15) is 5.75 Å². The second-order valence-corrected chi connectivity index (χ2v) is 7.78. The van der Waals surface area contributed by atoms with Crippen LogP contribution in [0.4, 0.5) is 0 Å². The highest BCUT2D eigenvalue weighted by atomic mass is 35.5. The summed E-state index contributed by atoms with van der Waals surface area (Å²) in [6, 6.07) is 10.4. The molecule has 1 N–H and O–H groups in total. The molecule has 0 aliphatic heterocycles. The van der Waals surface area contributed by atoms with E-state index in [0.717, 1.165) is 4.31 Å². The highest BCUT2D eigenvalue weighted by Crippen LogP contribution is 2.24. The van der Waals surface area contributed by atoms with Crippen LogP contribution in [0.15, 0.2) is 53.4 Å². The van der Waals surface area contributed by atoms with Gasteiger partial charge in [-0.05, 0) is 35.9 Å². The van der Waals surface area contributed by atoms with Crippen LogP contribution in [0, 0.1) is 0 Å². The van der Waals surface area contributed by atoms with Crippen LogP contribution in [0.1, 0.15) is 15.9 Å². The summed E-state index contributed by atoms with van der Waals surface area (Å²) in [6.45, 7) is 0. The Hall–Kier alpha value is -2.15.